The minimum absolute atomic E-state index is 0.546. The van der Waals surface area contributed by atoms with Gasteiger partial charge >= 0.3 is 0 Å². The van der Waals surface area contributed by atoms with Crippen molar-refractivity contribution in [3.8, 4) is 0 Å². The Morgan fingerprint density at radius 3 is 2.85 bits per heavy atom. The van der Waals surface area contributed by atoms with Crippen molar-refractivity contribution in [1.29, 1.82) is 0 Å². The van der Waals surface area contributed by atoms with Crippen LogP contribution in [0.5, 0.6) is 0 Å². The van der Waals surface area contributed by atoms with E-state index in [1.807, 2.05) is 0 Å². The van der Waals surface area contributed by atoms with Gasteiger partial charge in [-0.05, 0) is 36.5 Å². The Morgan fingerprint density at radius 1 is 1.62 bits per heavy atom. The molecule has 0 heterocycles. The first-order chi connectivity index (χ1) is 6.14. The monoisotopic (exact) mass is 178 g/mol. The highest BCUT2D eigenvalue weighted by atomic mass is 16.1. The van der Waals surface area contributed by atoms with Crippen LogP contribution in [-0.2, 0) is 4.79 Å². The van der Waals surface area contributed by atoms with Crippen molar-refractivity contribution in [2.45, 2.75) is 39.5 Å². The molecule has 0 spiro atoms. The highest BCUT2D eigenvalue weighted by molar-refractivity contribution is 5.50. The summed E-state index contributed by atoms with van der Waals surface area (Å²) in [4.78, 5) is 10.2. The van der Waals surface area contributed by atoms with E-state index in [-0.39, 0.29) is 0 Å². The maximum absolute atomic E-state index is 10.2. The van der Waals surface area contributed by atoms with Crippen LogP contribution in [0.1, 0.15) is 39.5 Å². The van der Waals surface area contributed by atoms with Gasteiger partial charge in [0.15, 0.2) is 0 Å². The predicted octanol–water partition coefficient (Wildman–Crippen LogP) is 2.96. The lowest BCUT2D eigenvalue weighted by atomic mass is 9.50. The second-order valence-electron chi connectivity index (χ2n) is 5.09. The highest BCUT2D eigenvalue weighted by Crippen LogP contribution is 2.58. The molecule has 3 aliphatic carbocycles. The van der Waals surface area contributed by atoms with Gasteiger partial charge in [-0.15, -0.1) is 0 Å². The van der Waals surface area contributed by atoms with E-state index in [1.165, 1.54) is 18.4 Å². The molecule has 0 radical (unpaired) electrons. The van der Waals surface area contributed by atoms with Gasteiger partial charge in [0.1, 0.15) is 6.29 Å². The van der Waals surface area contributed by atoms with Gasteiger partial charge in [0.25, 0.3) is 0 Å². The predicted molar refractivity (Wildman–Crippen MR) is 53.4 cm³/mol. The van der Waals surface area contributed by atoms with Crippen molar-refractivity contribution < 1.29 is 4.79 Å². The van der Waals surface area contributed by atoms with Gasteiger partial charge in [0.2, 0.25) is 0 Å². The summed E-state index contributed by atoms with van der Waals surface area (Å²) in [6.07, 6.45) is 7.82. The van der Waals surface area contributed by atoms with E-state index in [4.69, 9.17) is 0 Å². The molecular formula is C12H18O. The number of carbonyl (C=O) groups excluding carboxylic acids is 1. The standard InChI is InChI=1S/C12H18O/c1-12(2)10-6-9(4-3-5-13)7-11(12)8-10/h5-6,10-11H,3-4,7-8H2,1-2H3. The number of hydrogen-bond donors (Lipinski definition) is 0. The first-order valence-corrected chi connectivity index (χ1v) is 5.28. The first kappa shape index (κ1) is 8.98. The average molecular weight is 178 g/mol. The maximum atomic E-state index is 10.2. The van der Waals surface area contributed by atoms with Gasteiger partial charge in [-0.25, -0.2) is 0 Å². The summed E-state index contributed by atoms with van der Waals surface area (Å²) < 4.78 is 0. The first-order valence-electron chi connectivity index (χ1n) is 5.28. The molecule has 0 amide bonds. The number of fused-ring (bicyclic) bond motifs is 1. The topological polar surface area (TPSA) is 17.1 Å². The van der Waals surface area contributed by atoms with E-state index < -0.39 is 0 Å². The van der Waals surface area contributed by atoms with Crippen LogP contribution in [0.2, 0.25) is 0 Å². The van der Waals surface area contributed by atoms with E-state index in [2.05, 4.69) is 19.9 Å². The van der Waals surface area contributed by atoms with Crippen LogP contribution in [0.3, 0.4) is 0 Å². The number of aldehydes is 1. The molecule has 13 heavy (non-hydrogen) atoms. The fourth-order valence-electron chi connectivity index (χ4n) is 2.78. The van der Waals surface area contributed by atoms with Crippen LogP contribution in [-0.4, -0.2) is 6.29 Å². The molecule has 0 aromatic heterocycles. The Morgan fingerprint density at radius 2 is 2.38 bits per heavy atom. The van der Waals surface area contributed by atoms with Gasteiger partial charge < -0.3 is 4.79 Å². The van der Waals surface area contributed by atoms with Gasteiger partial charge in [-0.3, -0.25) is 0 Å². The second-order valence-corrected chi connectivity index (χ2v) is 5.09. The highest BCUT2D eigenvalue weighted by Gasteiger charge is 2.49. The summed E-state index contributed by atoms with van der Waals surface area (Å²) in [5.74, 6) is 1.69. The molecule has 2 bridgehead atoms. The molecule has 0 aromatic rings. The molecule has 3 rings (SSSR count). The van der Waals surface area contributed by atoms with Crippen molar-refractivity contribution in [1.82, 2.24) is 0 Å². The third kappa shape index (κ3) is 1.34. The third-order valence-corrected chi connectivity index (χ3v) is 4.08. The van der Waals surface area contributed by atoms with Crippen LogP contribution in [0.25, 0.3) is 0 Å². The minimum Gasteiger partial charge on any atom is -0.303 e. The molecule has 1 fully saturated rings. The van der Waals surface area contributed by atoms with Crippen LogP contribution in [0, 0.1) is 17.3 Å². The quantitative estimate of drug-likeness (QED) is 0.479. The zero-order valence-corrected chi connectivity index (χ0v) is 8.55. The Bertz CT molecular complexity index is 250. The number of carbonyl (C=O) groups is 1. The SMILES string of the molecule is CC1(C)C2C=C(CCC=O)CC1C2. The summed E-state index contributed by atoms with van der Waals surface area (Å²) >= 11 is 0. The number of rotatable bonds is 3. The van der Waals surface area contributed by atoms with Crippen LogP contribution < -0.4 is 0 Å². The molecule has 0 aliphatic heterocycles. The Hall–Kier alpha value is -0.590. The van der Waals surface area contributed by atoms with E-state index in [0.717, 1.165) is 24.5 Å². The number of allylic oxidation sites excluding steroid dienone is 2. The van der Waals surface area contributed by atoms with Gasteiger partial charge in [0.05, 0.1) is 0 Å². The summed E-state index contributed by atoms with van der Waals surface area (Å²) in [7, 11) is 0. The fraction of sp³-hybridized carbons (Fsp3) is 0.750. The lowest BCUT2D eigenvalue weighted by molar-refractivity contribution is -0.107. The summed E-state index contributed by atoms with van der Waals surface area (Å²) in [6.45, 7) is 4.75. The fourth-order valence-corrected chi connectivity index (χ4v) is 2.78. The molecule has 2 atom stereocenters. The molecular weight excluding hydrogens is 160 g/mol. The molecule has 3 aliphatic rings. The summed E-state index contributed by atoms with van der Waals surface area (Å²) in [6, 6.07) is 0. The Balaban J connectivity index is 2.00. The molecule has 1 nitrogen and oxygen atoms in total. The summed E-state index contributed by atoms with van der Waals surface area (Å²) in [5, 5.41) is 0. The smallest absolute Gasteiger partial charge is 0.120 e. The lowest BCUT2D eigenvalue weighted by Gasteiger charge is -2.55. The third-order valence-electron chi connectivity index (χ3n) is 4.08. The van der Waals surface area contributed by atoms with Crippen molar-refractivity contribution in [2.75, 3.05) is 0 Å². The van der Waals surface area contributed by atoms with Crippen LogP contribution in [0.15, 0.2) is 11.6 Å². The van der Waals surface area contributed by atoms with Gasteiger partial charge in [0, 0.05) is 6.42 Å². The van der Waals surface area contributed by atoms with E-state index in [0.29, 0.717) is 11.8 Å². The minimum atomic E-state index is 0.546. The van der Waals surface area contributed by atoms with Crippen molar-refractivity contribution in [2.24, 2.45) is 17.3 Å². The van der Waals surface area contributed by atoms with Crippen molar-refractivity contribution in [3.05, 3.63) is 11.6 Å². The lowest BCUT2D eigenvalue weighted by Crippen LogP contribution is -2.46. The molecule has 72 valence electrons. The zero-order valence-electron chi connectivity index (χ0n) is 8.55. The van der Waals surface area contributed by atoms with Crippen LogP contribution in [0.4, 0.5) is 0 Å². The van der Waals surface area contributed by atoms with Gasteiger partial charge in [-0.1, -0.05) is 25.5 Å². The molecule has 0 N–H and O–H groups in total. The Kier molecular flexibility index (Phi) is 2.05. The van der Waals surface area contributed by atoms with E-state index >= 15 is 0 Å². The van der Waals surface area contributed by atoms with Crippen molar-refractivity contribution in [3.63, 3.8) is 0 Å². The van der Waals surface area contributed by atoms with Crippen LogP contribution >= 0.6 is 0 Å². The van der Waals surface area contributed by atoms with Gasteiger partial charge in [-0.2, -0.15) is 0 Å². The average Bonchev–Trinajstić information content (AvgIpc) is 2.15. The summed E-state index contributed by atoms with van der Waals surface area (Å²) in [5.41, 5.74) is 2.08. The molecule has 2 unspecified atom stereocenters. The molecule has 0 saturated heterocycles. The Labute approximate surface area is 80.2 Å². The van der Waals surface area contributed by atoms with E-state index in [9.17, 15) is 4.79 Å². The normalized spacial score (nSPS) is 34.8. The van der Waals surface area contributed by atoms with E-state index in [1.54, 1.807) is 0 Å². The number of hydrogen-bond acceptors (Lipinski definition) is 1. The zero-order chi connectivity index (χ0) is 9.47. The maximum Gasteiger partial charge on any atom is 0.120 e. The largest absolute Gasteiger partial charge is 0.303 e. The second kappa shape index (κ2) is 2.97. The molecule has 1 heteroatoms. The van der Waals surface area contributed by atoms with Crippen molar-refractivity contribution >= 4 is 6.29 Å². The molecule has 1 saturated carbocycles. The molecule has 0 aromatic carbocycles.